The van der Waals surface area contributed by atoms with Crippen molar-refractivity contribution in [3.8, 4) is 22.6 Å². The van der Waals surface area contributed by atoms with E-state index >= 15 is 0 Å². The summed E-state index contributed by atoms with van der Waals surface area (Å²) in [5.41, 5.74) is 6.25. The maximum absolute atomic E-state index is 13.5. The van der Waals surface area contributed by atoms with Crippen LogP contribution in [0.15, 0.2) is 77.1 Å². The summed E-state index contributed by atoms with van der Waals surface area (Å²) in [4.78, 5) is 32.8. The Morgan fingerprint density at radius 3 is 2.36 bits per heavy atom. The van der Waals surface area contributed by atoms with E-state index in [2.05, 4.69) is 65.0 Å². The van der Waals surface area contributed by atoms with Crippen molar-refractivity contribution < 1.29 is 9.18 Å². The van der Waals surface area contributed by atoms with Crippen molar-refractivity contribution in [1.82, 2.24) is 24.7 Å². The van der Waals surface area contributed by atoms with Gasteiger partial charge in [0.1, 0.15) is 23.3 Å². The number of likely N-dealkylation sites (N-methyl/N-ethyl adjacent to an activating group) is 1. The first-order valence-electron chi connectivity index (χ1n) is 14.8. The number of carbonyl (C=O) groups is 1. The summed E-state index contributed by atoms with van der Waals surface area (Å²) >= 11 is 0. The second-order valence-electron chi connectivity index (χ2n) is 11.5. The molecule has 8 heteroatoms. The number of nitrogens with zero attached hydrogens (tertiary/aromatic N) is 5. The highest BCUT2D eigenvalue weighted by Crippen LogP contribution is 2.28. The molecule has 3 heterocycles. The van der Waals surface area contributed by atoms with Gasteiger partial charge in [0.15, 0.2) is 0 Å². The Hall–Kier alpha value is -4.20. The molecule has 0 aliphatic carbocycles. The van der Waals surface area contributed by atoms with Crippen molar-refractivity contribution in [3.05, 3.63) is 89.2 Å². The van der Waals surface area contributed by atoms with Gasteiger partial charge in [-0.2, -0.15) is 0 Å². The third-order valence-electron chi connectivity index (χ3n) is 7.92. The molecule has 1 N–H and O–H groups in total. The lowest BCUT2D eigenvalue weighted by molar-refractivity contribution is -0.132. The smallest absolute Gasteiger partial charge is 0.222 e. The Morgan fingerprint density at radius 1 is 0.976 bits per heavy atom. The zero-order valence-electron chi connectivity index (χ0n) is 25.2. The number of hydrogen-bond acceptors (Lipinski definition) is 5. The fraction of sp³-hybridized carbons (Fsp3) is 0.382. The van der Waals surface area contributed by atoms with Gasteiger partial charge in [0.2, 0.25) is 5.91 Å². The summed E-state index contributed by atoms with van der Waals surface area (Å²) in [5.74, 6) is 2.59. The number of aromatic nitrogens is 2. The summed E-state index contributed by atoms with van der Waals surface area (Å²) in [6.07, 6.45) is 8.30. The topological polar surface area (TPSA) is 67.8 Å². The molecule has 0 unspecified atom stereocenters. The predicted molar refractivity (Wildman–Crippen MR) is 167 cm³/mol. The van der Waals surface area contributed by atoms with Crippen molar-refractivity contribution in [2.75, 3.05) is 40.3 Å². The lowest BCUT2D eigenvalue weighted by Gasteiger charge is -2.36. The van der Waals surface area contributed by atoms with Gasteiger partial charge < -0.3 is 19.7 Å². The third-order valence-corrected chi connectivity index (χ3v) is 7.92. The minimum atomic E-state index is -0.275. The molecular formula is C34H41FN6O. The van der Waals surface area contributed by atoms with Gasteiger partial charge in [-0.05, 0) is 75.9 Å². The molecule has 0 atom stereocenters. The highest BCUT2D eigenvalue weighted by molar-refractivity contribution is 5.94. The van der Waals surface area contributed by atoms with Crippen LogP contribution in [-0.4, -0.2) is 76.7 Å². The number of hydrogen-bond donors (Lipinski definition) is 1. The molecule has 1 saturated heterocycles. The number of nitrogens with one attached hydrogen (secondary N) is 1. The van der Waals surface area contributed by atoms with Crippen LogP contribution in [0, 0.1) is 12.7 Å². The predicted octanol–water partition coefficient (Wildman–Crippen LogP) is 6.20. The third kappa shape index (κ3) is 7.16. The number of aromatic amines is 1. The Bertz CT molecular complexity index is 1480. The van der Waals surface area contributed by atoms with E-state index in [4.69, 9.17) is 9.98 Å². The molecule has 0 saturated carbocycles. The molecule has 7 nitrogen and oxygen atoms in total. The minimum absolute atomic E-state index is 0.187. The molecule has 2 aromatic carbocycles. The van der Waals surface area contributed by atoms with Gasteiger partial charge in [-0.25, -0.2) is 14.4 Å². The molecule has 0 radical (unpaired) electrons. The summed E-state index contributed by atoms with van der Waals surface area (Å²) in [6, 6.07) is 14.7. The van der Waals surface area contributed by atoms with Gasteiger partial charge in [-0.15, -0.1) is 0 Å². The summed E-state index contributed by atoms with van der Waals surface area (Å²) in [5, 5.41) is 0. The SMILES string of the molecule is CC1=CC(N(C)C)=NC(N2CCN(C(=O)CCCc3[nH]c(-c4ccc(F)cc4)nc3-c3ccc(C)cc3)CC2)=CCC1. The highest BCUT2D eigenvalue weighted by Gasteiger charge is 2.23. The van der Waals surface area contributed by atoms with Crippen LogP contribution in [0.2, 0.25) is 0 Å². The average molecular weight is 569 g/mol. The molecule has 2 aliphatic heterocycles. The molecule has 42 heavy (non-hydrogen) atoms. The molecular weight excluding hydrogens is 527 g/mol. The first kappa shape index (κ1) is 29.3. The molecule has 1 aromatic heterocycles. The molecule has 2 aliphatic rings. The number of amidine groups is 1. The summed E-state index contributed by atoms with van der Waals surface area (Å²) in [6.45, 7) is 7.18. The molecule has 1 amide bonds. The van der Waals surface area contributed by atoms with E-state index < -0.39 is 0 Å². The second-order valence-corrected chi connectivity index (χ2v) is 11.5. The van der Waals surface area contributed by atoms with Crippen molar-refractivity contribution in [2.45, 2.75) is 46.0 Å². The first-order chi connectivity index (χ1) is 20.3. The fourth-order valence-corrected chi connectivity index (χ4v) is 5.39. The Balaban J connectivity index is 1.20. The van der Waals surface area contributed by atoms with E-state index in [1.165, 1.54) is 23.3 Å². The first-order valence-corrected chi connectivity index (χ1v) is 14.8. The van der Waals surface area contributed by atoms with E-state index in [-0.39, 0.29) is 11.7 Å². The van der Waals surface area contributed by atoms with Crippen molar-refractivity contribution >= 4 is 11.7 Å². The maximum Gasteiger partial charge on any atom is 0.222 e. The molecule has 0 spiro atoms. The standard InChI is InChI=1S/C34H41FN6O/c1-24-11-13-26(14-12-24)33-29(36-34(38-33)27-15-17-28(35)18-16-27)8-6-10-32(42)41-21-19-40(20-22-41)30-9-5-7-25(2)23-31(37-30)39(3)4/h9,11-18,23H,5-8,10,19-22H2,1-4H3,(H,36,38). The number of imidazole rings is 1. The normalized spacial score (nSPS) is 15.9. The molecule has 220 valence electrons. The van der Waals surface area contributed by atoms with E-state index in [0.717, 1.165) is 66.5 Å². The van der Waals surface area contributed by atoms with Gasteiger partial charge in [0.25, 0.3) is 0 Å². The largest absolute Gasteiger partial charge is 0.363 e. The van der Waals surface area contributed by atoms with Crippen LogP contribution in [0.1, 0.15) is 43.9 Å². The molecule has 3 aromatic rings. The van der Waals surface area contributed by atoms with Crippen molar-refractivity contribution in [3.63, 3.8) is 0 Å². The zero-order chi connectivity index (χ0) is 29.6. The molecule has 5 rings (SSSR count). The van der Waals surface area contributed by atoms with E-state index in [1.54, 1.807) is 12.1 Å². The Morgan fingerprint density at radius 2 is 1.67 bits per heavy atom. The van der Waals surface area contributed by atoms with Crippen molar-refractivity contribution in [1.29, 1.82) is 0 Å². The van der Waals surface area contributed by atoms with Crippen LogP contribution in [0.3, 0.4) is 0 Å². The van der Waals surface area contributed by atoms with Crippen LogP contribution in [0.5, 0.6) is 0 Å². The minimum Gasteiger partial charge on any atom is -0.363 e. The molecule has 1 fully saturated rings. The number of halogens is 1. The summed E-state index contributed by atoms with van der Waals surface area (Å²) in [7, 11) is 4.05. The number of amides is 1. The van der Waals surface area contributed by atoms with Crippen LogP contribution in [0.25, 0.3) is 22.6 Å². The maximum atomic E-state index is 13.5. The summed E-state index contributed by atoms with van der Waals surface area (Å²) < 4.78 is 13.5. The van der Waals surface area contributed by atoms with Crippen LogP contribution < -0.4 is 0 Å². The fourth-order valence-electron chi connectivity index (χ4n) is 5.39. The number of aliphatic imine (C=N–C) groups is 1. The van der Waals surface area contributed by atoms with Crippen LogP contribution in [-0.2, 0) is 11.2 Å². The zero-order valence-corrected chi connectivity index (χ0v) is 25.2. The van der Waals surface area contributed by atoms with Gasteiger partial charge in [-0.1, -0.05) is 35.4 Å². The number of piperazine rings is 1. The van der Waals surface area contributed by atoms with Gasteiger partial charge >= 0.3 is 0 Å². The van der Waals surface area contributed by atoms with Crippen LogP contribution in [0.4, 0.5) is 4.39 Å². The van der Waals surface area contributed by atoms with Gasteiger partial charge in [-0.3, -0.25) is 4.79 Å². The average Bonchev–Trinajstić information content (AvgIpc) is 3.39. The number of carbonyl (C=O) groups excluding carboxylic acids is 1. The Labute approximate surface area is 248 Å². The number of rotatable bonds is 7. The van der Waals surface area contributed by atoms with E-state index in [0.29, 0.717) is 31.8 Å². The monoisotopic (exact) mass is 568 g/mol. The Kier molecular flexibility index (Phi) is 9.20. The lowest BCUT2D eigenvalue weighted by Crippen LogP contribution is -2.48. The number of H-pyrrole nitrogens is 1. The second kappa shape index (κ2) is 13.2. The molecule has 0 bridgehead atoms. The van der Waals surface area contributed by atoms with E-state index in [9.17, 15) is 9.18 Å². The number of aryl methyl sites for hydroxylation is 2. The lowest BCUT2D eigenvalue weighted by atomic mass is 10.0. The quantitative estimate of drug-likeness (QED) is 0.369. The number of benzene rings is 2. The van der Waals surface area contributed by atoms with Crippen LogP contribution >= 0.6 is 0 Å². The van der Waals surface area contributed by atoms with Gasteiger partial charge in [0.05, 0.1) is 5.69 Å². The van der Waals surface area contributed by atoms with Crippen molar-refractivity contribution in [2.24, 2.45) is 4.99 Å². The van der Waals surface area contributed by atoms with E-state index in [1.807, 2.05) is 19.0 Å². The highest BCUT2D eigenvalue weighted by atomic mass is 19.1. The number of allylic oxidation sites excluding steroid dienone is 2. The van der Waals surface area contributed by atoms with Gasteiger partial charge in [0, 0.05) is 63.5 Å².